The number of para-hydroxylation sites is 3. The van der Waals surface area contributed by atoms with Crippen LogP contribution in [0.1, 0.15) is 0 Å². The summed E-state index contributed by atoms with van der Waals surface area (Å²) in [6, 6.07) is 36.4. The summed E-state index contributed by atoms with van der Waals surface area (Å²) in [4.78, 5) is 14.6. The minimum absolute atomic E-state index is 0.280. The van der Waals surface area contributed by atoms with Gasteiger partial charge in [0.1, 0.15) is 0 Å². The highest BCUT2D eigenvalue weighted by molar-refractivity contribution is 7.80. The van der Waals surface area contributed by atoms with Gasteiger partial charge in [0.25, 0.3) is 0 Å². The molecule has 0 fully saturated rings. The summed E-state index contributed by atoms with van der Waals surface area (Å²) < 4.78 is 0. The third-order valence-electron chi connectivity index (χ3n) is 4.77. The van der Waals surface area contributed by atoms with Crippen molar-refractivity contribution < 1.29 is 4.79 Å². The van der Waals surface area contributed by atoms with Gasteiger partial charge in [-0.05, 0) is 48.1 Å². The van der Waals surface area contributed by atoms with Crippen LogP contribution >= 0.6 is 12.2 Å². The van der Waals surface area contributed by atoms with Crippen LogP contribution in [0.3, 0.4) is 0 Å². The van der Waals surface area contributed by atoms with Crippen LogP contribution in [0.25, 0.3) is 11.1 Å². The highest BCUT2D eigenvalue weighted by Crippen LogP contribution is 2.27. The molecule has 0 saturated carbocycles. The first-order valence-electron chi connectivity index (χ1n) is 10.1. The Labute approximate surface area is 192 Å². The van der Waals surface area contributed by atoms with Gasteiger partial charge in [0, 0.05) is 11.3 Å². The molecular formula is C26H22N4OS. The minimum atomic E-state index is -0.358. The number of thiocarbonyl (C=S) groups is 1. The lowest BCUT2D eigenvalue weighted by molar-refractivity contribution is 0.247. The van der Waals surface area contributed by atoms with Crippen LogP contribution in [0.4, 0.5) is 21.9 Å². The van der Waals surface area contributed by atoms with Gasteiger partial charge in [-0.2, -0.15) is 0 Å². The summed E-state index contributed by atoms with van der Waals surface area (Å²) in [5.74, 6) is 0. The highest BCUT2D eigenvalue weighted by Gasteiger charge is 2.18. The second-order valence-corrected chi connectivity index (χ2v) is 7.34. The number of urea groups is 1. The zero-order valence-electron chi connectivity index (χ0n) is 17.2. The van der Waals surface area contributed by atoms with Gasteiger partial charge in [0.05, 0.1) is 11.4 Å². The fraction of sp³-hybridized carbons (Fsp3) is 0. The molecule has 0 unspecified atom stereocenters. The third-order valence-corrected chi connectivity index (χ3v) is 4.98. The summed E-state index contributed by atoms with van der Waals surface area (Å²) in [6.45, 7) is 0. The lowest BCUT2D eigenvalue weighted by Gasteiger charge is -2.24. The molecule has 5 nitrogen and oxygen atoms in total. The van der Waals surface area contributed by atoms with Crippen LogP contribution < -0.4 is 21.1 Å². The SMILES string of the molecule is O=C(NNC(=S)Nc1ccccc1-c1ccccc1)N(c1ccccc1)c1ccccc1. The largest absolute Gasteiger partial charge is 0.345 e. The summed E-state index contributed by atoms with van der Waals surface area (Å²) >= 11 is 5.43. The Bertz CT molecular complexity index is 1140. The molecule has 0 bridgehead atoms. The predicted octanol–water partition coefficient (Wildman–Crippen LogP) is 6.10. The Hall–Kier alpha value is -4.16. The Balaban J connectivity index is 1.46. The molecule has 6 heteroatoms. The monoisotopic (exact) mass is 438 g/mol. The normalized spacial score (nSPS) is 10.1. The Kier molecular flexibility index (Phi) is 6.75. The van der Waals surface area contributed by atoms with Gasteiger partial charge in [0.15, 0.2) is 5.11 Å². The van der Waals surface area contributed by atoms with Crippen molar-refractivity contribution in [2.45, 2.75) is 0 Å². The van der Waals surface area contributed by atoms with E-state index in [1.807, 2.05) is 115 Å². The van der Waals surface area contributed by atoms with E-state index < -0.39 is 0 Å². The van der Waals surface area contributed by atoms with Crippen molar-refractivity contribution in [1.29, 1.82) is 0 Å². The van der Waals surface area contributed by atoms with Crippen molar-refractivity contribution in [2.24, 2.45) is 0 Å². The first-order valence-corrected chi connectivity index (χ1v) is 10.5. The number of anilines is 3. The lowest BCUT2D eigenvalue weighted by Crippen LogP contribution is -2.48. The molecule has 0 heterocycles. The second kappa shape index (κ2) is 10.2. The Morgan fingerprint density at radius 2 is 1.12 bits per heavy atom. The topological polar surface area (TPSA) is 56.4 Å². The quantitative estimate of drug-likeness (QED) is 0.266. The number of rotatable bonds is 4. The molecule has 2 amide bonds. The molecule has 0 spiro atoms. The molecule has 158 valence electrons. The minimum Gasteiger partial charge on any atom is -0.331 e. The second-order valence-electron chi connectivity index (χ2n) is 6.93. The molecule has 32 heavy (non-hydrogen) atoms. The fourth-order valence-electron chi connectivity index (χ4n) is 3.32. The van der Waals surface area contributed by atoms with Gasteiger partial charge in [0.2, 0.25) is 0 Å². The van der Waals surface area contributed by atoms with Crippen LogP contribution in [-0.2, 0) is 0 Å². The molecular weight excluding hydrogens is 416 g/mol. The maximum atomic E-state index is 13.1. The molecule has 0 aliphatic heterocycles. The van der Waals surface area contributed by atoms with Crippen LogP contribution in [0.2, 0.25) is 0 Å². The van der Waals surface area contributed by atoms with Crippen LogP contribution in [-0.4, -0.2) is 11.1 Å². The van der Waals surface area contributed by atoms with Crippen LogP contribution in [0, 0.1) is 0 Å². The predicted molar refractivity (Wildman–Crippen MR) is 135 cm³/mol. The van der Waals surface area contributed by atoms with Crippen LogP contribution in [0.15, 0.2) is 115 Å². The molecule has 3 N–H and O–H groups in total. The van der Waals surface area contributed by atoms with E-state index in [0.717, 1.165) is 28.2 Å². The Morgan fingerprint density at radius 3 is 1.72 bits per heavy atom. The van der Waals surface area contributed by atoms with E-state index in [1.165, 1.54) is 0 Å². The van der Waals surface area contributed by atoms with Gasteiger partial charge in [-0.15, -0.1) is 0 Å². The highest BCUT2D eigenvalue weighted by atomic mass is 32.1. The standard InChI is InChI=1S/C26H22N4OS/c31-26(30(21-14-6-2-7-15-21)22-16-8-3-9-17-22)29-28-25(32)27-24-19-11-10-18-23(24)20-12-4-1-5-13-20/h1-19H,(H,29,31)(H2,27,28,32). The molecule has 0 atom stereocenters. The molecule has 0 aliphatic rings. The van der Waals surface area contributed by atoms with E-state index in [9.17, 15) is 4.79 Å². The number of hydrazine groups is 1. The van der Waals surface area contributed by atoms with Gasteiger partial charge >= 0.3 is 6.03 Å². The average molecular weight is 439 g/mol. The van der Waals surface area contributed by atoms with Crippen molar-refractivity contribution >= 4 is 40.4 Å². The molecule has 4 aromatic rings. The summed E-state index contributed by atoms with van der Waals surface area (Å²) in [7, 11) is 0. The van der Waals surface area contributed by atoms with E-state index >= 15 is 0 Å². The van der Waals surface area contributed by atoms with Crippen molar-refractivity contribution in [3.63, 3.8) is 0 Å². The lowest BCUT2D eigenvalue weighted by atomic mass is 10.0. The molecule has 0 aliphatic carbocycles. The van der Waals surface area contributed by atoms with Gasteiger partial charge in [-0.25, -0.2) is 10.2 Å². The van der Waals surface area contributed by atoms with E-state index in [1.54, 1.807) is 4.90 Å². The molecule has 0 radical (unpaired) electrons. The van der Waals surface area contributed by atoms with Crippen molar-refractivity contribution in [3.8, 4) is 11.1 Å². The van der Waals surface area contributed by atoms with Crippen molar-refractivity contribution in [2.75, 3.05) is 10.2 Å². The van der Waals surface area contributed by atoms with Gasteiger partial charge in [-0.1, -0.05) is 84.9 Å². The van der Waals surface area contributed by atoms with E-state index in [-0.39, 0.29) is 11.1 Å². The number of nitrogens with one attached hydrogen (secondary N) is 3. The van der Waals surface area contributed by atoms with Gasteiger partial charge in [-0.3, -0.25) is 10.3 Å². The molecule has 0 saturated heterocycles. The third kappa shape index (κ3) is 5.11. The van der Waals surface area contributed by atoms with Crippen LogP contribution in [0.5, 0.6) is 0 Å². The summed E-state index contributed by atoms with van der Waals surface area (Å²) in [6.07, 6.45) is 0. The maximum Gasteiger partial charge on any atom is 0.345 e. The van der Waals surface area contributed by atoms with E-state index in [0.29, 0.717) is 0 Å². The summed E-state index contributed by atoms with van der Waals surface area (Å²) in [5.41, 5.74) is 9.91. The number of nitrogens with zero attached hydrogens (tertiary/aromatic N) is 1. The first-order chi connectivity index (χ1) is 15.7. The smallest absolute Gasteiger partial charge is 0.331 e. The summed E-state index contributed by atoms with van der Waals surface area (Å²) in [5, 5.41) is 3.45. The Morgan fingerprint density at radius 1 is 0.625 bits per heavy atom. The molecule has 0 aromatic heterocycles. The number of carbonyl (C=O) groups excluding carboxylic acids is 1. The fourth-order valence-corrected chi connectivity index (χ4v) is 3.48. The number of hydrogen-bond acceptors (Lipinski definition) is 2. The van der Waals surface area contributed by atoms with E-state index in [2.05, 4.69) is 16.2 Å². The van der Waals surface area contributed by atoms with Crippen molar-refractivity contribution in [3.05, 3.63) is 115 Å². The number of benzene rings is 4. The van der Waals surface area contributed by atoms with E-state index in [4.69, 9.17) is 12.2 Å². The van der Waals surface area contributed by atoms with Gasteiger partial charge < -0.3 is 5.32 Å². The maximum absolute atomic E-state index is 13.1. The number of carbonyl (C=O) groups is 1. The van der Waals surface area contributed by atoms with Crippen molar-refractivity contribution in [1.82, 2.24) is 10.9 Å². The number of hydrogen-bond donors (Lipinski definition) is 3. The first kappa shape index (κ1) is 21.1. The average Bonchev–Trinajstić information content (AvgIpc) is 2.85. The zero-order valence-corrected chi connectivity index (χ0v) is 18.0. The molecule has 4 rings (SSSR count). The zero-order chi connectivity index (χ0) is 22.2. The molecule has 4 aromatic carbocycles. The number of amides is 2.